The van der Waals surface area contributed by atoms with E-state index < -0.39 is 0 Å². The first-order chi connectivity index (χ1) is 24.8. The lowest BCUT2D eigenvalue weighted by Crippen LogP contribution is -1.99. The van der Waals surface area contributed by atoms with Crippen LogP contribution in [0.15, 0.2) is 170 Å². The first kappa shape index (κ1) is 28.1. The van der Waals surface area contributed by atoms with Gasteiger partial charge in [0.05, 0.1) is 45.0 Å². The van der Waals surface area contributed by atoms with Crippen molar-refractivity contribution >= 4 is 43.7 Å². The topological polar surface area (TPSA) is 61.4 Å². The van der Waals surface area contributed by atoms with E-state index in [0.29, 0.717) is 0 Å². The van der Waals surface area contributed by atoms with E-state index in [4.69, 9.17) is 9.97 Å². The van der Waals surface area contributed by atoms with Crippen LogP contribution in [-0.4, -0.2) is 29.1 Å². The fraction of sp³-hybridized carbons (Fsp3) is 0. The van der Waals surface area contributed by atoms with Crippen molar-refractivity contribution in [3.05, 3.63) is 170 Å². The van der Waals surface area contributed by atoms with Crippen LogP contribution >= 0.6 is 0 Å². The highest BCUT2D eigenvalue weighted by atomic mass is 15.0. The Hall–Kier alpha value is -6.92. The van der Waals surface area contributed by atoms with E-state index in [9.17, 15) is 0 Å². The summed E-state index contributed by atoms with van der Waals surface area (Å²) in [7, 11) is 0. The lowest BCUT2D eigenvalue weighted by Gasteiger charge is -2.13. The highest BCUT2D eigenvalue weighted by molar-refractivity contribution is 6.17. The van der Waals surface area contributed by atoms with E-state index in [2.05, 4.69) is 122 Å². The summed E-state index contributed by atoms with van der Waals surface area (Å²) < 4.78 is 4.62. The highest BCUT2D eigenvalue weighted by Gasteiger charge is 2.20. The summed E-state index contributed by atoms with van der Waals surface area (Å²) in [5, 5.41) is 4.69. The lowest BCUT2D eigenvalue weighted by molar-refractivity contribution is 1.14. The minimum atomic E-state index is 0.790. The van der Waals surface area contributed by atoms with E-state index in [1.165, 1.54) is 21.7 Å². The second kappa shape index (κ2) is 11.4. The number of aromatic nitrogens is 6. The van der Waals surface area contributed by atoms with Crippen LogP contribution < -0.4 is 0 Å². The molecule has 50 heavy (non-hydrogen) atoms. The maximum absolute atomic E-state index is 5.04. The highest BCUT2D eigenvalue weighted by Crippen LogP contribution is 2.41. The number of benzene rings is 4. The second-order valence-corrected chi connectivity index (χ2v) is 12.4. The summed E-state index contributed by atoms with van der Waals surface area (Å²) in [5.74, 6) is 0. The summed E-state index contributed by atoms with van der Waals surface area (Å²) in [6.45, 7) is 0. The number of rotatable bonds is 5. The fourth-order valence-electron chi connectivity index (χ4n) is 7.32. The molecule has 10 rings (SSSR count). The molecule has 0 radical (unpaired) electrons. The average molecular weight is 641 g/mol. The molecule has 4 aromatic carbocycles. The van der Waals surface area contributed by atoms with Crippen molar-refractivity contribution in [1.82, 2.24) is 29.1 Å². The Kier molecular flexibility index (Phi) is 6.39. The molecule has 0 saturated carbocycles. The summed E-state index contributed by atoms with van der Waals surface area (Å²) in [4.78, 5) is 19.2. The van der Waals surface area contributed by atoms with Gasteiger partial charge in [0, 0.05) is 45.8 Å². The summed E-state index contributed by atoms with van der Waals surface area (Å²) >= 11 is 0. The van der Waals surface area contributed by atoms with Crippen molar-refractivity contribution < 1.29 is 0 Å². The summed E-state index contributed by atoms with van der Waals surface area (Å²) in [6, 6.07) is 52.8. The van der Waals surface area contributed by atoms with Gasteiger partial charge in [0.25, 0.3) is 0 Å². The van der Waals surface area contributed by atoms with Gasteiger partial charge in [-0.05, 0) is 90.0 Å². The Labute approximate surface area is 287 Å². The normalized spacial score (nSPS) is 11.6. The minimum Gasteiger partial charge on any atom is -0.309 e. The Morgan fingerprint density at radius 2 is 1.06 bits per heavy atom. The molecular formula is C44H28N6. The Morgan fingerprint density at radius 3 is 1.82 bits per heavy atom. The quantitative estimate of drug-likeness (QED) is 0.188. The number of para-hydroxylation sites is 2. The van der Waals surface area contributed by atoms with Gasteiger partial charge >= 0.3 is 0 Å². The van der Waals surface area contributed by atoms with Crippen LogP contribution in [0.4, 0.5) is 0 Å². The fourth-order valence-corrected chi connectivity index (χ4v) is 7.32. The second-order valence-electron chi connectivity index (χ2n) is 12.4. The standard InChI is InChI=1S/C44H28N6/c1-2-12-30(13-3-1)50-42-26-29(21-22-33(42)34-16-11-25-47-44(34)50)32-15-10-20-41-43(32)35-14-4-5-19-40(35)49(41)31-27-38(36-17-6-8-23-45-36)48-39(28-31)37-18-7-9-24-46-37/h1-28H. The van der Waals surface area contributed by atoms with Crippen molar-refractivity contribution in [1.29, 1.82) is 0 Å². The van der Waals surface area contributed by atoms with E-state index in [-0.39, 0.29) is 0 Å². The molecule has 234 valence electrons. The first-order valence-corrected chi connectivity index (χ1v) is 16.6. The monoisotopic (exact) mass is 640 g/mol. The van der Waals surface area contributed by atoms with Crippen molar-refractivity contribution in [3.8, 4) is 45.3 Å². The van der Waals surface area contributed by atoms with Crippen molar-refractivity contribution in [3.63, 3.8) is 0 Å². The van der Waals surface area contributed by atoms with Crippen LogP contribution in [0.25, 0.3) is 89.0 Å². The largest absolute Gasteiger partial charge is 0.309 e. The Balaban J connectivity index is 1.24. The number of pyridine rings is 4. The maximum atomic E-state index is 5.04. The number of hydrogen-bond acceptors (Lipinski definition) is 4. The van der Waals surface area contributed by atoms with Crippen molar-refractivity contribution in [2.45, 2.75) is 0 Å². The Bertz CT molecular complexity index is 2800. The number of nitrogens with zero attached hydrogens (tertiary/aromatic N) is 6. The Morgan fingerprint density at radius 1 is 0.380 bits per heavy atom. The predicted octanol–water partition coefficient (Wildman–Crippen LogP) is 10.5. The molecule has 6 heterocycles. The molecule has 0 atom stereocenters. The van der Waals surface area contributed by atoms with E-state index in [0.717, 1.165) is 67.3 Å². The molecule has 0 unspecified atom stereocenters. The molecule has 0 fully saturated rings. The minimum absolute atomic E-state index is 0.790. The molecule has 10 aromatic rings. The molecule has 0 aliphatic carbocycles. The van der Waals surface area contributed by atoms with Gasteiger partial charge in [-0.25, -0.2) is 9.97 Å². The number of hydrogen-bond donors (Lipinski definition) is 0. The molecule has 0 spiro atoms. The lowest BCUT2D eigenvalue weighted by atomic mass is 9.98. The molecule has 0 saturated heterocycles. The van der Waals surface area contributed by atoms with Gasteiger partial charge in [0.2, 0.25) is 0 Å². The van der Waals surface area contributed by atoms with Crippen LogP contribution in [0.3, 0.4) is 0 Å². The van der Waals surface area contributed by atoms with Crippen LogP contribution in [0.5, 0.6) is 0 Å². The zero-order valence-corrected chi connectivity index (χ0v) is 26.8. The molecule has 0 aliphatic heterocycles. The molecule has 6 heteroatoms. The van der Waals surface area contributed by atoms with E-state index in [1.807, 2.05) is 54.7 Å². The van der Waals surface area contributed by atoms with Gasteiger partial charge in [-0.2, -0.15) is 0 Å². The molecule has 6 nitrogen and oxygen atoms in total. The van der Waals surface area contributed by atoms with Gasteiger partial charge in [-0.15, -0.1) is 0 Å². The van der Waals surface area contributed by atoms with E-state index >= 15 is 0 Å². The van der Waals surface area contributed by atoms with E-state index in [1.54, 1.807) is 12.4 Å². The van der Waals surface area contributed by atoms with Gasteiger partial charge < -0.3 is 4.57 Å². The zero-order chi connectivity index (χ0) is 33.0. The third-order valence-electron chi connectivity index (χ3n) is 9.47. The van der Waals surface area contributed by atoms with Crippen molar-refractivity contribution in [2.24, 2.45) is 0 Å². The molecular weight excluding hydrogens is 613 g/mol. The smallest absolute Gasteiger partial charge is 0.145 e. The summed E-state index contributed by atoms with van der Waals surface area (Å²) in [6.07, 6.45) is 5.48. The molecule has 0 amide bonds. The van der Waals surface area contributed by atoms with Gasteiger partial charge in [-0.3, -0.25) is 14.5 Å². The molecule has 0 N–H and O–H groups in total. The van der Waals surface area contributed by atoms with Crippen molar-refractivity contribution in [2.75, 3.05) is 0 Å². The maximum Gasteiger partial charge on any atom is 0.145 e. The first-order valence-electron chi connectivity index (χ1n) is 16.6. The third kappa shape index (κ3) is 4.43. The van der Waals surface area contributed by atoms with Gasteiger partial charge in [0.15, 0.2) is 0 Å². The average Bonchev–Trinajstić information content (AvgIpc) is 3.71. The summed E-state index contributed by atoms with van der Waals surface area (Å²) in [5.41, 5.74) is 11.9. The van der Waals surface area contributed by atoms with Gasteiger partial charge in [0.1, 0.15) is 5.65 Å². The molecule has 0 aliphatic rings. The van der Waals surface area contributed by atoms with Crippen LogP contribution in [-0.2, 0) is 0 Å². The third-order valence-corrected chi connectivity index (χ3v) is 9.47. The zero-order valence-electron chi connectivity index (χ0n) is 26.8. The molecule has 6 aromatic heterocycles. The predicted molar refractivity (Wildman–Crippen MR) is 203 cm³/mol. The van der Waals surface area contributed by atoms with Crippen LogP contribution in [0.1, 0.15) is 0 Å². The van der Waals surface area contributed by atoms with Crippen LogP contribution in [0, 0.1) is 0 Å². The van der Waals surface area contributed by atoms with Crippen LogP contribution in [0.2, 0.25) is 0 Å². The molecule has 0 bridgehead atoms. The number of fused-ring (bicyclic) bond motifs is 6. The SMILES string of the molecule is c1ccc(-n2c3cc(-c4cccc5c4c4ccccc4n5-c4cc(-c5ccccn5)nc(-c5ccccn5)c4)ccc3c3cccnc32)cc1. The van der Waals surface area contributed by atoms with Gasteiger partial charge in [-0.1, -0.05) is 72.8 Å².